The highest BCUT2D eigenvalue weighted by Gasteiger charge is 2.59. The first kappa shape index (κ1) is 41.6. The molecule has 0 aliphatic heterocycles. The molecule has 4 aliphatic rings. The van der Waals surface area contributed by atoms with Gasteiger partial charge in [-0.1, -0.05) is 151 Å². The number of ether oxygens (including phenoxy) is 1. The number of aromatic nitrogens is 3. The Morgan fingerprint density at radius 1 is 0.800 bits per heavy atom. The van der Waals surface area contributed by atoms with Gasteiger partial charge in [-0.15, -0.1) is 5.10 Å². The van der Waals surface area contributed by atoms with Crippen molar-refractivity contribution in [1.82, 2.24) is 15.0 Å². The molecule has 9 rings (SSSR count). The van der Waals surface area contributed by atoms with Crippen molar-refractivity contribution >= 4 is 38.3 Å². The monoisotopic (exact) mass is 808 g/mol. The zero-order valence-corrected chi connectivity index (χ0v) is 37.7. The molecule has 1 aromatic heterocycles. The first-order valence-electron chi connectivity index (χ1n) is 24.6. The number of carbonyl (C=O) groups is 1. The Bertz CT molecular complexity index is 2290. The number of esters is 1. The molecule has 5 heteroatoms. The van der Waals surface area contributed by atoms with Gasteiger partial charge in [0.1, 0.15) is 11.8 Å². The van der Waals surface area contributed by atoms with Gasteiger partial charge in [-0.3, -0.25) is 9.48 Å². The van der Waals surface area contributed by atoms with Gasteiger partial charge in [-0.05, 0) is 143 Å². The van der Waals surface area contributed by atoms with Crippen LogP contribution >= 0.6 is 0 Å². The summed E-state index contributed by atoms with van der Waals surface area (Å²) in [7, 11) is 0. The molecule has 3 fully saturated rings. The van der Waals surface area contributed by atoms with Crippen LogP contribution in [0.25, 0.3) is 43.6 Å². The Hall–Kier alpha value is -3.73. The molecule has 0 amide bonds. The predicted molar refractivity (Wildman–Crippen MR) is 249 cm³/mol. The number of unbranched alkanes of at least 4 members (excludes halogenated alkanes) is 6. The average molecular weight is 808 g/mol. The molecular formula is C55H73N3O2. The van der Waals surface area contributed by atoms with Crippen molar-refractivity contribution in [2.24, 2.45) is 46.3 Å². The molecule has 3 saturated carbocycles. The normalized spacial score (nSPS) is 28.2. The van der Waals surface area contributed by atoms with Crippen molar-refractivity contribution in [3.63, 3.8) is 0 Å². The first-order valence-corrected chi connectivity index (χ1v) is 24.6. The van der Waals surface area contributed by atoms with E-state index in [0.29, 0.717) is 17.3 Å². The molecular weight excluding hydrogens is 735 g/mol. The van der Waals surface area contributed by atoms with Gasteiger partial charge in [0.15, 0.2) is 0 Å². The number of rotatable bonds is 17. The zero-order valence-electron chi connectivity index (χ0n) is 37.7. The lowest BCUT2D eigenvalue weighted by molar-refractivity contribution is -0.151. The van der Waals surface area contributed by atoms with Gasteiger partial charge in [0.2, 0.25) is 0 Å². The average Bonchev–Trinajstić information content (AvgIpc) is 3.86. The lowest BCUT2D eigenvalue weighted by atomic mass is 9.47. The Kier molecular flexibility index (Phi) is 12.2. The second-order valence-corrected chi connectivity index (χ2v) is 21.2. The van der Waals surface area contributed by atoms with Crippen LogP contribution in [0.4, 0.5) is 0 Å². The number of nitrogens with zero attached hydrogens (tertiary/aromatic N) is 3. The van der Waals surface area contributed by atoms with Crippen LogP contribution in [-0.2, 0) is 16.1 Å². The number of allylic oxidation sites excluding steroid dienone is 1. The highest BCUT2D eigenvalue weighted by molar-refractivity contribution is 6.26. The van der Waals surface area contributed by atoms with Crippen molar-refractivity contribution in [3.05, 3.63) is 72.4 Å². The van der Waals surface area contributed by atoms with Gasteiger partial charge in [-0.2, -0.15) is 0 Å². The fraction of sp³-hybridized carbons (Fsp3) is 0.618. The summed E-state index contributed by atoms with van der Waals surface area (Å²) in [6.45, 7) is 13.5. The summed E-state index contributed by atoms with van der Waals surface area (Å²) >= 11 is 0. The molecule has 0 radical (unpaired) electrons. The number of hydrogen-bond donors (Lipinski definition) is 0. The number of aryl methyl sites for hydroxylation is 1. The molecule has 0 unspecified atom stereocenters. The number of benzene rings is 4. The molecule has 4 aromatic carbocycles. The van der Waals surface area contributed by atoms with Gasteiger partial charge in [0.25, 0.3) is 0 Å². The van der Waals surface area contributed by atoms with E-state index >= 15 is 0 Å². The van der Waals surface area contributed by atoms with Gasteiger partial charge < -0.3 is 4.74 Å². The summed E-state index contributed by atoms with van der Waals surface area (Å²) in [5, 5.41) is 16.9. The van der Waals surface area contributed by atoms with E-state index in [0.717, 1.165) is 85.4 Å². The minimum Gasteiger partial charge on any atom is -0.462 e. The number of fused-ring (bicyclic) bond motifs is 5. The SMILES string of the molecule is CC(C)CCC[C@@H](C)[C@H]1CC[C@H]2[C@@H]3CC=C4C[C@@H](OC(=O)CCCCCCCCCn5cc(-c6cc7cccc8ccc9cccc6c9c87)nn5)CC[C@]4(C)[C@H]3CC[C@]12C. The van der Waals surface area contributed by atoms with Crippen molar-refractivity contribution in [2.45, 2.75) is 169 Å². The van der Waals surface area contributed by atoms with Crippen LogP contribution in [-0.4, -0.2) is 27.1 Å². The number of carbonyl (C=O) groups excluding carboxylic acids is 1. The van der Waals surface area contributed by atoms with E-state index in [-0.39, 0.29) is 12.1 Å². The molecule has 0 N–H and O–H groups in total. The highest BCUT2D eigenvalue weighted by Crippen LogP contribution is 2.67. The fourth-order valence-corrected chi connectivity index (χ4v) is 13.9. The minimum atomic E-state index is 0.0278. The van der Waals surface area contributed by atoms with Crippen LogP contribution in [0.3, 0.4) is 0 Å². The van der Waals surface area contributed by atoms with E-state index in [1.807, 2.05) is 4.68 Å². The molecule has 60 heavy (non-hydrogen) atoms. The summed E-state index contributed by atoms with van der Waals surface area (Å²) < 4.78 is 8.20. The van der Waals surface area contributed by atoms with Crippen molar-refractivity contribution in [1.29, 1.82) is 0 Å². The molecule has 4 aliphatic carbocycles. The maximum Gasteiger partial charge on any atom is 0.306 e. The quantitative estimate of drug-likeness (QED) is 0.0406. The van der Waals surface area contributed by atoms with Crippen LogP contribution in [0.15, 0.2) is 72.4 Å². The van der Waals surface area contributed by atoms with Gasteiger partial charge in [-0.25, -0.2) is 0 Å². The summed E-state index contributed by atoms with van der Waals surface area (Å²) in [6.07, 6.45) is 27.7. The van der Waals surface area contributed by atoms with Crippen molar-refractivity contribution in [3.8, 4) is 11.3 Å². The summed E-state index contributed by atoms with van der Waals surface area (Å²) in [6, 6.07) is 19.9. The largest absolute Gasteiger partial charge is 0.462 e. The lowest BCUT2D eigenvalue weighted by Crippen LogP contribution is -2.51. The predicted octanol–water partition coefficient (Wildman–Crippen LogP) is 14.9. The van der Waals surface area contributed by atoms with Crippen LogP contribution in [0.2, 0.25) is 0 Å². The Balaban J connectivity index is 0.676. The second-order valence-electron chi connectivity index (χ2n) is 21.2. The van der Waals surface area contributed by atoms with Gasteiger partial charge >= 0.3 is 5.97 Å². The highest BCUT2D eigenvalue weighted by atomic mass is 16.5. The Morgan fingerprint density at radius 3 is 2.37 bits per heavy atom. The molecule has 8 atom stereocenters. The van der Waals surface area contributed by atoms with Gasteiger partial charge in [0.05, 0.1) is 6.20 Å². The van der Waals surface area contributed by atoms with E-state index in [2.05, 4.69) is 112 Å². The topological polar surface area (TPSA) is 57.0 Å². The first-order chi connectivity index (χ1) is 29.1. The molecule has 0 saturated heterocycles. The molecule has 0 bridgehead atoms. The van der Waals surface area contributed by atoms with Crippen LogP contribution in [0.1, 0.15) is 157 Å². The van der Waals surface area contributed by atoms with Crippen molar-refractivity contribution in [2.75, 3.05) is 0 Å². The third-order valence-corrected chi connectivity index (χ3v) is 17.1. The van der Waals surface area contributed by atoms with E-state index < -0.39 is 0 Å². The Morgan fingerprint density at radius 2 is 1.55 bits per heavy atom. The third kappa shape index (κ3) is 8.06. The maximum atomic E-state index is 13.0. The molecule has 320 valence electrons. The van der Waals surface area contributed by atoms with Gasteiger partial charge in [0, 0.05) is 24.9 Å². The Labute approximate surface area is 360 Å². The number of hydrogen-bond acceptors (Lipinski definition) is 4. The van der Waals surface area contributed by atoms with Crippen LogP contribution in [0, 0.1) is 46.3 Å². The van der Waals surface area contributed by atoms with E-state index in [9.17, 15) is 4.79 Å². The molecule has 1 heterocycles. The standard InChI is InChI=1S/C55H73N3O2/c1-37(2)16-13-17-38(3)47-27-28-48-45-26-25-42-35-43(29-31-54(42,4)49(45)30-32-55(47,48)5)60-51(59)22-11-9-7-6-8-10-12-33-58-36-50(56-57-58)46-34-41-20-14-18-39-23-24-40-19-15-21-44(46)53(40)52(39)41/h14-15,18-21,23-25,34,36-38,43,45,47-49H,6-13,16-17,22,26-33,35H2,1-5H3/t38-,43+,45+,47-,48+,49+,54+,55-/m1/s1. The smallest absolute Gasteiger partial charge is 0.306 e. The summed E-state index contributed by atoms with van der Waals surface area (Å²) in [4.78, 5) is 13.0. The molecule has 0 spiro atoms. The summed E-state index contributed by atoms with van der Waals surface area (Å²) in [5.74, 6) is 5.18. The zero-order chi connectivity index (χ0) is 41.4. The maximum absolute atomic E-state index is 13.0. The van der Waals surface area contributed by atoms with Crippen molar-refractivity contribution < 1.29 is 9.53 Å². The molecule has 5 nitrogen and oxygen atoms in total. The second kappa shape index (κ2) is 17.6. The minimum absolute atomic E-state index is 0.0278. The molecule has 5 aromatic rings. The van der Waals surface area contributed by atoms with Crippen LogP contribution in [0.5, 0.6) is 0 Å². The lowest BCUT2D eigenvalue weighted by Gasteiger charge is -2.58. The van der Waals surface area contributed by atoms with E-state index in [1.54, 1.807) is 5.57 Å². The van der Waals surface area contributed by atoms with Crippen LogP contribution < -0.4 is 0 Å². The fourth-order valence-electron chi connectivity index (χ4n) is 13.9. The van der Waals surface area contributed by atoms with E-state index in [4.69, 9.17) is 4.74 Å². The van der Waals surface area contributed by atoms with E-state index in [1.165, 1.54) is 116 Å². The summed E-state index contributed by atoms with van der Waals surface area (Å²) in [5.41, 5.74) is 4.56. The third-order valence-electron chi connectivity index (χ3n) is 17.1.